The lowest BCUT2D eigenvalue weighted by Gasteiger charge is -2.17. The minimum Gasteiger partial charge on any atom is -0.294 e. The first-order valence-electron chi connectivity index (χ1n) is 7.12. The molecule has 1 aliphatic carbocycles. The third-order valence-electron chi connectivity index (χ3n) is 4.05. The molecule has 0 N–H and O–H groups in total. The van der Waals surface area contributed by atoms with Gasteiger partial charge >= 0.3 is 0 Å². The Morgan fingerprint density at radius 3 is 2.65 bits per heavy atom. The fourth-order valence-corrected chi connectivity index (χ4v) is 2.96. The number of carbonyl (C=O) groups excluding carboxylic acids is 1. The summed E-state index contributed by atoms with van der Waals surface area (Å²) in [6.45, 7) is 4.06. The lowest BCUT2D eigenvalue weighted by atomic mass is 9.85. The van der Waals surface area contributed by atoms with Gasteiger partial charge in [0.05, 0.1) is 0 Å². The van der Waals surface area contributed by atoms with Gasteiger partial charge in [0.25, 0.3) is 0 Å². The van der Waals surface area contributed by atoms with E-state index in [1.165, 1.54) is 5.57 Å². The Kier molecular flexibility index (Phi) is 3.27. The summed E-state index contributed by atoms with van der Waals surface area (Å²) in [6.07, 6.45) is 6.92. The van der Waals surface area contributed by atoms with Gasteiger partial charge in [-0.1, -0.05) is 67.1 Å². The average molecular weight is 262 g/mol. The molecule has 0 spiro atoms. The summed E-state index contributed by atoms with van der Waals surface area (Å²) >= 11 is 0. The van der Waals surface area contributed by atoms with Crippen molar-refractivity contribution >= 4 is 16.6 Å². The van der Waals surface area contributed by atoms with Crippen molar-refractivity contribution in [2.24, 2.45) is 0 Å². The van der Waals surface area contributed by atoms with Crippen LogP contribution in [0.5, 0.6) is 0 Å². The molecule has 0 aliphatic heterocycles. The summed E-state index contributed by atoms with van der Waals surface area (Å²) in [5, 5.41) is 2.21. The van der Waals surface area contributed by atoms with Crippen LogP contribution in [0.4, 0.5) is 0 Å². The molecule has 1 heteroatoms. The van der Waals surface area contributed by atoms with Crippen molar-refractivity contribution in [1.82, 2.24) is 0 Å². The quantitative estimate of drug-likeness (QED) is 0.709. The van der Waals surface area contributed by atoms with Crippen molar-refractivity contribution in [2.45, 2.75) is 26.2 Å². The third-order valence-corrected chi connectivity index (χ3v) is 4.05. The summed E-state index contributed by atoms with van der Waals surface area (Å²) in [5.41, 5.74) is 3.33. The Labute approximate surface area is 119 Å². The highest BCUT2D eigenvalue weighted by Crippen LogP contribution is 2.35. The molecule has 2 aromatic carbocycles. The molecule has 2 aromatic rings. The van der Waals surface area contributed by atoms with E-state index in [-0.39, 0.29) is 11.7 Å². The van der Waals surface area contributed by atoms with Crippen molar-refractivity contribution in [3.05, 3.63) is 71.3 Å². The first-order chi connectivity index (χ1) is 9.72. The molecule has 0 bridgehead atoms. The Morgan fingerprint density at radius 2 is 1.95 bits per heavy atom. The molecule has 1 atom stereocenters. The van der Waals surface area contributed by atoms with Crippen LogP contribution in [-0.4, -0.2) is 5.78 Å². The summed E-state index contributed by atoms with van der Waals surface area (Å²) in [4.78, 5) is 12.5. The van der Waals surface area contributed by atoms with Gasteiger partial charge in [0, 0.05) is 17.9 Å². The Bertz CT molecular complexity index is 735. The Morgan fingerprint density at radius 1 is 1.15 bits per heavy atom. The summed E-state index contributed by atoms with van der Waals surface area (Å²) < 4.78 is 0. The van der Waals surface area contributed by atoms with Gasteiger partial charge in [-0.05, 0) is 23.3 Å². The molecule has 1 nitrogen and oxygen atoms in total. The minimum atomic E-state index is 0.227. The first-order valence-corrected chi connectivity index (χ1v) is 7.12. The van der Waals surface area contributed by atoms with Crippen LogP contribution < -0.4 is 0 Å². The van der Waals surface area contributed by atoms with E-state index < -0.39 is 0 Å². The van der Waals surface area contributed by atoms with E-state index in [0.29, 0.717) is 6.42 Å². The van der Waals surface area contributed by atoms with Gasteiger partial charge in [0.2, 0.25) is 0 Å². The summed E-state index contributed by atoms with van der Waals surface area (Å²) in [6, 6.07) is 12.4. The third kappa shape index (κ3) is 2.00. The van der Waals surface area contributed by atoms with Crippen molar-refractivity contribution in [1.29, 1.82) is 0 Å². The number of Topliss-reactive ketones (excluding diaryl/α,β-unsaturated/α-hetero) is 1. The molecule has 0 fully saturated rings. The van der Waals surface area contributed by atoms with Crippen molar-refractivity contribution in [3.63, 3.8) is 0 Å². The molecule has 100 valence electrons. The molecule has 0 amide bonds. The molecule has 0 heterocycles. The van der Waals surface area contributed by atoms with E-state index in [9.17, 15) is 4.79 Å². The van der Waals surface area contributed by atoms with Gasteiger partial charge in [-0.2, -0.15) is 0 Å². The monoisotopic (exact) mass is 262 g/mol. The second-order valence-electron chi connectivity index (χ2n) is 5.30. The van der Waals surface area contributed by atoms with Crippen LogP contribution in [0.15, 0.2) is 60.2 Å². The highest BCUT2D eigenvalue weighted by molar-refractivity contribution is 6.09. The second-order valence-corrected chi connectivity index (χ2v) is 5.30. The molecule has 0 aromatic heterocycles. The predicted octanol–water partition coefficient (Wildman–Crippen LogP) is 5.03. The van der Waals surface area contributed by atoms with Crippen LogP contribution in [0.2, 0.25) is 0 Å². The number of ketones is 1. The van der Waals surface area contributed by atoms with Crippen LogP contribution in [0.25, 0.3) is 10.8 Å². The topological polar surface area (TPSA) is 17.1 Å². The van der Waals surface area contributed by atoms with E-state index >= 15 is 0 Å². The fraction of sp³-hybridized carbons (Fsp3) is 0.211. The van der Waals surface area contributed by atoms with Crippen LogP contribution in [0.3, 0.4) is 0 Å². The zero-order chi connectivity index (χ0) is 14.1. The maximum Gasteiger partial charge on any atom is 0.163 e. The summed E-state index contributed by atoms with van der Waals surface area (Å²) in [5.74, 6) is 0.468. The summed E-state index contributed by atoms with van der Waals surface area (Å²) in [7, 11) is 0. The van der Waals surface area contributed by atoms with Crippen LogP contribution in [0, 0.1) is 0 Å². The van der Waals surface area contributed by atoms with E-state index in [1.54, 1.807) is 0 Å². The molecule has 0 radical (unpaired) electrons. The van der Waals surface area contributed by atoms with Crippen LogP contribution >= 0.6 is 0 Å². The van der Waals surface area contributed by atoms with Crippen molar-refractivity contribution in [3.8, 4) is 0 Å². The number of allylic oxidation sites excluding steroid dienone is 4. The molecular formula is C19H18O. The van der Waals surface area contributed by atoms with Crippen LogP contribution in [0.1, 0.15) is 42.1 Å². The molecule has 1 unspecified atom stereocenters. The molecule has 0 saturated carbocycles. The molecule has 20 heavy (non-hydrogen) atoms. The number of hydrogen-bond acceptors (Lipinski definition) is 1. The number of benzene rings is 2. The molecule has 3 rings (SSSR count). The molecule has 0 saturated heterocycles. The number of carbonyl (C=O) groups is 1. The largest absolute Gasteiger partial charge is 0.294 e. The van der Waals surface area contributed by atoms with Crippen LogP contribution in [-0.2, 0) is 0 Å². The fourth-order valence-electron chi connectivity index (χ4n) is 2.96. The SMILES string of the molecule is CCC(=O)c1c(C2C=CC=C2C)ccc2ccccc12. The standard InChI is InChI=1S/C19H18O/c1-3-18(20)19-16-9-5-4-8-14(16)11-12-17(19)15-10-6-7-13(15)2/h4-12,15H,3H2,1-2H3. The Balaban J connectivity index is 2.29. The van der Waals surface area contributed by atoms with Crippen molar-refractivity contribution < 1.29 is 4.79 Å². The molecule has 1 aliphatic rings. The van der Waals surface area contributed by atoms with Gasteiger partial charge in [-0.25, -0.2) is 0 Å². The van der Waals surface area contributed by atoms with Gasteiger partial charge in [-0.3, -0.25) is 4.79 Å². The number of rotatable bonds is 3. The minimum absolute atomic E-state index is 0.227. The molecular weight excluding hydrogens is 244 g/mol. The zero-order valence-corrected chi connectivity index (χ0v) is 11.9. The highest BCUT2D eigenvalue weighted by atomic mass is 16.1. The average Bonchev–Trinajstić information content (AvgIpc) is 2.91. The first kappa shape index (κ1) is 12.9. The Hall–Kier alpha value is -2.15. The lowest BCUT2D eigenvalue weighted by Crippen LogP contribution is -2.07. The van der Waals surface area contributed by atoms with E-state index in [2.05, 4.69) is 49.4 Å². The van der Waals surface area contributed by atoms with Crippen molar-refractivity contribution in [2.75, 3.05) is 0 Å². The smallest absolute Gasteiger partial charge is 0.163 e. The lowest BCUT2D eigenvalue weighted by molar-refractivity contribution is 0.0989. The maximum atomic E-state index is 12.5. The number of hydrogen-bond donors (Lipinski definition) is 0. The number of fused-ring (bicyclic) bond motifs is 1. The van der Waals surface area contributed by atoms with Gasteiger partial charge in [0.1, 0.15) is 0 Å². The van der Waals surface area contributed by atoms with E-state index in [4.69, 9.17) is 0 Å². The second kappa shape index (κ2) is 5.09. The maximum absolute atomic E-state index is 12.5. The van der Waals surface area contributed by atoms with Gasteiger partial charge in [-0.15, -0.1) is 0 Å². The highest BCUT2D eigenvalue weighted by Gasteiger charge is 2.21. The van der Waals surface area contributed by atoms with Gasteiger partial charge in [0.15, 0.2) is 5.78 Å². The normalized spacial score (nSPS) is 17.5. The van der Waals surface area contributed by atoms with E-state index in [1.807, 2.05) is 19.1 Å². The van der Waals surface area contributed by atoms with Gasteiger partial charge < -0.3 is 0 Å². The van der Waals surface area contributed by atoms with E-state index in [0.717, 1.165) is 21.9 Å². The predicted molar refractivity (Wildman–Crippen MR) is 84.2 cm³/mol. The zero-order valence-electron chi connectivity index (χ0n) is 11.9.